The van der Waals surface area contributed by atoms with Crippen LogP contribution in [0.1, 0.15) is 27.7 Å². The lowest BCUT2D eigenvalue weighted by atomic mass is 10.1. The maximum absolute atomic E-state index is 11.9. The molecule has 1 rings (SSSR count). The van der Waals surface area contributed by atoms with Crippen LogP contribution in [0.15, 0.2) is 21.9 Å². The topological polar surface area (TPSA) is 73.1 Å². The molecule has 0 bridgehead atoms. The van der Waals surface area contributed by atoms with Crippen molar-refractivity contribution in [1.29, 1.82) is 0 Å². The molecule has 1 unspecified atom stereocenters. The number of aryl methyl sites for hydroxylation is 1. The Labute approximate surface area is 112 Å². The van der Waals surface area contributed by atoms with Gasteiger partial charge in [-0.2, -0.15) is 0 Å². The highest BCUT2D eigenvalue weighted by Crippen LogP contribution is 1.99. The quantitative estimate of drug-likeness (QED) is 0.827. The predicted molar refractivity (Wildman–Crippen MR) is 73.1 cm³/mol. The number of hydrogen-bond acceptors (Lipinski definition) is 3. The van der Waals surface area contributed by atoms with E-state index in [2.05, 4.69) is 5.32 Å². The van der Waals surface area contributed by atoms with Crippen molar-refractivity contribution in [1.82, 2.24) is 14.5 Å². The van der Waals surface area contributed by atoms with Crippen LogP contribution in [-0.2, 0) is 17.9 Å². The molecule has 1 aromatic rings. The average Bonchev–Trinajstić information content (AvgIpc) is 2.34. The van der Waals surface area contributed by atoms with Gasteiger partial charge in [-0.25, -0.2) is 4.79 Å². The van der Waals surface area contributed by atoms with E-state index in [4.69, 9.17) is 0 Å². The van der Waals surface area contributed by atoms with Crippen LogP contribution in [0.3, 0.4) is 0 Å². The van der Waals surface area contributed by atoms with Crippen LogP contribution in [0.4, 0.5) is 0 Å². The first-order valence-corrected chi connectivity index (χ1v) is 6.46. The first kappa shape index (κ1) is 15.2. The molecule has 1 N–H and O–H groups in total. The number of hydrogen-bond donors (Lipinski definition) is 1. The molecule has 1 aromatic heterocycles. The maximum Gasteiger partial charge on any atom is 0.331 e. The zero-order valence-corrected chi connectivity index (χ0v) is 11.8. The van der Waals surface area contributed by atoms with Crippen LogP contribution in [0.2, 0.25) is 0 Å². The Hall–Kier alpha value is -1.85. The first-order valence-electron chi connectivity index (χ1n) is 6.46. The molecule has 6 nitrogen and oxygen atoms in total. The Morgan fingerprint density at radius 3 is 2.47 bits per heavy atom. The van der Waals surface area contributed by atoms with Gasteiger partial charge in [-0.3, -0.25) is 14.2 Å². The Morgan fingerprint density at radius 1 is 1.32 bits per heavy atom. The van der Waals surface area contributed by atoms with Gasteiger partial charge in [-0.05, 0) is 19.8 Å². The predicted octanol–water partition coefficient (Wildman–Crippen LogP) is 0.191. The van der Waals surface area contributed by atoms with Gasteiger partial charge in [0.25, 0.3) is 5.56 Å². The van der Waals surface area contributed by atoms with E-state index >= 15 is 0 Å². The molecule has 0 spiro atoms. The Bertz CT molecular complexity index is 557. The van der Waals surface area contributed by atoms with Crippen molar-refractivity contribution >= 4 is 5.91 Å². The fourth-order valence-electron chi connectivity index (χ4n) is 1.55. The van der Waals surface area contributed by atoms with Crippen LogP contribution < -0.4 is 16.6 Å². The van der Waals surface area contributed by atoms with E-state index in [1.807, 2.05) is 20.8 Å². The molecule has 6 heteroatoms. The number of carbonyl (C=O) groups excluding carboxylic acids is 1. The lowest BCUT2D eigenvalue weighted by Gasteiger charge is -2.17. The third-order valence-corrected chi connectivity index (χ3v) is 3.17. The Balaban J connectivity index is 2.91. The summed E-state index contributed by atoms with van der Waals surface area (Å²) in [4.78, 5) is 35.4. The summed E-state index contributed by atoms with van der Waals surface area (Å²) >= 11 is 0. The largest absolute Gasteiger partial charge is 0.352 e. The summed E-state index contributed by atoms with van der Waals surface area (Å²) < 4.78 is 2.34. The number of nitrogens with one attached hydrogen (secondary N) is 1. The van der Waals surface area contributed by atoms with Gasteiger partial charge in [0.1, 0.15) is 6.54 Å². The number of nitrogens with zero attached hydrogens (tertiary/aromatic N) is 2. The third-order valence-electron chi connectivity index (χ3n) is 3.17. The normalized spacial score (nSPS) is 12.5. The molecular formula is C13H21N3O3. The van der Waals surface area contributed by atoms with Crippen molar-refractivity contribution in [3.05, 3.63) is 33.1 Å². The molecule has 0 aliphatic heterocycles. The summed E-state index contributed by atoms with van der Waals surface area (Å²) in [6.45, 7) is 7.89. The molecule has 19 heavy (non-hydrogen) atoms. The first-order chi connectivity index (χ1) is 8.86. The summed E-state index contributed by atoms with van der Waals surface area (Å²) in [7, 11) is 0. The van der Waals surface area contributed by atoms with Gasteiger partial charge in [0.2, 0.25) is 5.91 Å². The average molecular weight is 267 g/mol. The number of rotatable bonds is 5. The van der Waals surface area contributed by atoms with Crippen LogP contribution >= 0.6 is 0 Å². The van der Waals surface area contributed by atoms with Crippen molar-refractivity contribution < 1.29 is 4.79 Å². The number of amides is 1. The molecule has 0 radical (unpaired) electrons. The van der Waals surface area contributed by atoms with Crippen molar-refractivity contribution in [2.45, 2.75) is 46.8 Å². The minimum Gasteiger partial charge on any atom is -0.352 e. The van der Waals surface area contributed by atoms with Crippen LogP contribution in [-0.4, -0.2) is 21.1 Å². The number of carbonyl (C=O) groups is 1. The molecule has 0 saturated heterocycles. The van der Waals surface area contributed by atoms with E-state index in [0.717, 1.165) is 4.57 Å². The van der Waals surface area contributed by atoms with Gasteiger partial charge in [0, 0.05) is 24.8 Å². The van der Waals surface area contributed by atoms with Gasteiger partial charge >= 0.3 is 5.69 Å². The van der Waals surface area contributed by atoms with Gasteiger partial charge in [-0.15, -0.1) is 0 Å². The van der Waals surface area contributed by atoms with E-state index in [1.165, 1.54) is 16.8 Å². The molecule has 1 amide bonds. The van der Waals surface area contributed by atoms with E-state index in [-0.39, 0.29) is 18.5 Å². The standard InChI is InChI=1S/C13H21N3O3/c1-5-15-7-6-12(18)16(13(15)19)8-11(17)14-10(4)9(2)3/h6-7,9-10H,5,8H2,1-4H3,(H,14,17). The molecule has 0 aliphatic carbocycles. The van der Waals surface area contributed by atoms with Gasteiger partial charge in [0.15, 0.2) is 0 Å². The summed E-state index contributed by atoms with van der Waals surface area (Å²) in [6.07, 6.45) is 1.44. The molecular weight excluding hydrogens is 246 g/mol. The summed E-state index contributed by atoms with van der Waals surface area (Å²) in [5, 5.41) is 2.77. The van der Waals surface area contributed by atoms with E-state index in [0.29, 0.717) is 12.5 Å². The molecule has 0 saturated carbocycles. The molecule has 1 atom stereocenters. The van der Waals surface area contributed by atoms with E-state index < -0.39 is 11.2 Å². The van der Waals surface area contributed by atoms with Gasteiger partial charge < -0.3 is 9.88 Å². The minimum atomic E-state index is -0.456. The van der Waals surface area contributed by atoms with Crippen LogP contribution in [0.5, 0.6) is 0 Å². The highest BCUT2D eigenvalue weighted by Gasteiger charge is 2.13. The fourth-order valence-corrected chi connectivity index (χ4v) is 1.55. The molecule has 0 aliphatic rings. The highest BCUT2D eigenvalue weighted by molar-refractivity contribution is 5.75. The summed E-state index contributed by atoms with van der Waals surface area (Å²) in [6, 6.07) is 1.30. The minimum absolute atomic E-state index is 0.000292. The molecule has 106 valence electrons. The molecule has 0 fully saturated rings. The van der Waals surface area contributed by atoms with Gasteiger partial charge in [0.05, 0.1) is 0 Å². The third kappa shape index (κ3) is 3.81. The van der Waals surface area contributed by atoms with Crippen molar-refractivity contribution in [3.63, 3.8) is 0 Å². The zero-order chi connectivity index (χ0) is 14.6. The van der Waals surface area contributed by atoms with Gasteiger partial charge in [-0.1, -0.05) is 13.8 Å². The SMILES string of the molecule is CCn1ccc(=O)n(CC(=O)NC(C)C(C)C)c1=O. The smallest absolute Gasteiger partial charge is 0.331 e. The van der Waals surface area contributed by atoms with Crippen molar-refractivity contribution in [2.24, 2.45) is 5.92 Å². The van der Waals surface area contributed by atoms with E-state index in [9.17, 15) is 14.4 Å². The maximum atomic E-state index is 11.9. The van der Waals surface area contributed by atoms with E-state index in [1.54, 1.807) is 6.92 Å². The lowest BCUT2D eigenvalue weighted by Crippen LogP contribution is -2.45. The lowest BCUT2D eigenvalue weighted by molar-refractivity contribution is -0.122. The molecule has 0 aromatic carbocycles. The second-order valence-electron chi connectivity index (χ2n) is 4.91. The number of aromatic nitrogens is 2. The second kappa shape index (κ2) is 6.36. The van der Waals surface area contributed by atoms with Crippen LogP contribution in [0, 0.1) is 5.92 Å². The Morgan fingerprint density at radius 2 is 1.95 bits per heavy atom. The highest BCUT2D eigenvalue weighted by atomic mass is 16.2. The van der Waals surface area contributed by atoms with Crippen molar-refractivity contribution in [2.75, 3.05) is 0 Å². The summed E-state index contributed by atoms with van der Waals surface area (Å²) in [5.41, 5.74) is -0.913. The summed E-state index contributed by atoms with van der Waals surface area (Å²) in [5.74, 6) is -0.0296. The Kier molecular flexibility index (Phi) is 5.09. The molecule has 1 heterocycles. The van der Waals surface area contributed by atoms with Crippen LogP contribution in [0.25, 0.3) is 0 Å². The zero-order valence-electron chi connectivity index (χ0n) is 11.8. The second-order valence-corrected chi connectivity index (χ2v) is 4.91. The fraction of sp³-hybridized carbons (Fsp3) is 0.615. The monoisotopic (exact) mass is 267 g/mol. The van der Waals surface area contributed by atoms with Crippen molar-refractivity contribution in [3.8, 4) is 0 Å².